The third kappa shape index (κ3) is 4.03. The van der Waals surface area contributed by atoms with Gasteiger partial charge in [-0.25, -0.2) is 13.6 Å². The van der Waals surface area contributed by atoms with E-state index in [0.29, 0.717) is 6.54 Å². The molecule has 118 valence electrons. The summed E-state index contributed by atoms with van der Waals surface area (Å²) in [6.45, 7) is 8.88. The van der Waals surface area contributed by atoms with E-state index in [1.54, 1.807) is 12.1 Å². The van der Waals surface area contributed by atoms with E-state index in [1.807, 2.05) is 6.07 Å². The Kier molecular flexibility index (Phi) is 4.19. The molecule has 0 spiro atoms. The Morgan fingerprint density at radius 2 is 2.00 bits per heavy atom. The van der Waals surface area contributed by atoms with Crippen LogP contribution in [0.4, 0.5) is 0 Å². The van der Waals surface area contributed by atoms with Crippen molar-refractivity contribution < 1.29 is 13.2 Å². The first-order valence-corrected chi connectivity index (χ1v) is 8.60. The summed E-state index contributed by atoms with van der Waals surface area (Å²) in [7, 11) is -3.66. The van der Waals surface area contributed by atoms with E-state index in [2.05, 4.69) is 33.0 Å². The van der Waals surface area contributed by atoms with Crippen LogP contribution in [0.15, 0.2) is 29.2 Å². The van der Waals surface area contributed by atoms with Crippen LogP contribution in [0.2, 0.25) is 0 Å². The minimum absolute atomic E-state index is 0.143. The van der Waals surface area contributed by atoms with Gasteiger partial charge in [-0.15, -0.1) is 0 Å². The Labute approximate surface area is 126 Å². The van der Waals surface area contributed by atoms with Crippen molar-refractivity contribution in [2.75, 3.05) is 0 Å². The molecule has 1 aromatic rings. The van der Waals surface area contributed by atoms with Gasteiger partial charge < -0.3 is 10.1 Å². The summed E-state index contributed by atoms with van der Waals surface area (Å²) in [5, 5.41) is 8.62. The highest BCUT2D eigenvalue weighted by Crippen LogP contribution is 2.37. The molecule has 2 rings (SSSR count). The van der Waals surface area contributed by atoms with Crippen LogP contribution in [0, 0.1) is 0 Å². The topological polar surface area (TPSA) is 81.4 Å². The summed E-state index contributed by atoms with van der Waals surface area (Å²) in [5.74, 6) is 0. The van der Waals surface area contributed by atoms with Crippen molar-refractivity contribution in [3.05, 3.63) is 29.8 Å². The van der Waals surface area contributed by atoms with Gasteiger partial charge in [0.2, 0.25) is 10.0 Å². The summed E-state index contributed by atoms with van der Waals surface area (Å²) in [5.41, 5.74) is 0.493. The maximum atomic E-state index is 11.4. The zero-order valence-corrected chi connectivity index (χ0v) is 13.8. The molecule has 3 N–H and O–H groups in total. The molecule has 0 aromatic heterocycles. The Morgan fingerprint density at radius 3 is 2.52 bits per heavy atom. The monoisotopic (exact) mass is 312 g/mol. The van der Waals surface area contributed by atoms with Gasteiger partial charge in [0, 0.05) is 12.6 Å². The van der Waals surface area contributed by atoms with Crippen molar-refractivity contribution >= 4 is 10.0 Å². The van der Waals surface area contributed by atoms with E-state index in [4.69, 9.17) is 9.88 Å². The lowest BCUT2D eigenvalue weighted by atomic mass is 9.94. The van der Waals surface area contributed by atoms with Crippen molar-refractivity contribution in [3.8, 4) is 0 Å². The average Bonchev–Trinajstić information content (AvgIpc) is 2.53. The minimum atomic E-state index is -3.66. The summed E-state index contributed by atoms with van der Waals surface area (Å²) in [6, 6.07) is 6.92. The molecule has 0 bridgehead atoms. The van der Waals surface area contributed by atoms with Crippen LogP contribution in [-0.2, 0) is 21.3 Å². The van der Waals surface area contributed by atoms with Crippen LogP contribution in [0.5, 0.6) is 0 Å². The molecule has 5 nitrogen and oxygen atoms in total. The fraction of sp³-hybridized carbons (Fsp3) is 0.600. The van der Waals surface area contributed by atoms with Crippen molar-refractivity contribution in [3.63, 3.8) is 0 Å². The molecule has 0 radical (unpaired) electrons. The molecular formula is C15H24N2O3S. The molecule has 1 saturated heterocycles. The Balaban J connectivity index is 2.07. The van der Waals surface area contributed by atoms with Crippen LogP contribution in [0.25, 0.3) is 0 Å². The lowest BCUT2D eigenvalue weighted by Crippen LogP contribution is -2.42. The highest BCUT2D eigenvalue weighted by molar-refractivity contribution is 7.89. The van der Waals surface area contributed by atoms with Crippen molar-refractivity contribution in [2.24, 2.45) is 5.14 Å². The highest BCUT2D eigenvalue weighted by Gasteiger charge is 2.45. The number of benzene rings is 1. The number of nitrogens with two attached hydrogens (primary N) is 1. The average molecular weight is 312 g/mol. The molecule has 1 fully saturated rings. The molecule has 0 saturated carbocycles. The summed E-state index contributed by atoms with van der Waals surface area (Å²) in [4.78, 5) is 0.143. The number of ether oxygens (including phenoxy) is 1. The van der Waals surface area contributed by atoms with Crippen LogP contribution >= 0.6 is 0 Å². The van der Waals surface area contributed by atoms with Gasteiger partial charge in [-0.2, -0.15) is 0 Å². The zero-order chi connectivity index (χ0) is 15.9. The highest BCUT2D eigenvalue weighted by atomic mass is 32.2. The Morgan fingerprint density at radius 1 is 1.33 bits per heavy atom. The van der Waals surface area contributed by atoms with Gasteiger partial charge in [-0.1, -0.05) is 12.1 Å². The number of sulfonamides is 1. The van der Waals surface area contributed by atoms with Gasteiger partial charge in [0.25, 0.3) is 0 Å². The van der Waals surface area contributed by atoms with E-state index in [0.717, 1.165) is 12.0 Å². The third-order valence-corrected chi connectivity index (χ3v) is 4.76. The maximum absolute atomic E-state index is 11.4. The normalized spacial score (nSPS) is 24.1. The van der Waals surface area contributed by atoms with E-state index in [1.165, 1.54) is 6.07 Å². The third-order valence-electron chi connectivity index (χ3n) is 3.85. The zero-order valence-electron chi connectivity index (χ0n) is 13.0. The fourth-order valence-electron chi connectivity index (χ4n) is 2.95. The van der Waals surface area contributed by atoms with Gasteiger partial charge in [0.1, 0.15) is 0 Å². The molecular weight excluding hydrogens is 288 g/mol. The molecule has 1 atom stereocenters. The van der Waals surface area contributed by atoms with Gasteiger partial charge in [-0.05, 0) is 51.8 Å². The summed E-state index contributed by atoms with van der Waals surface area (Å²) >= 11 is 0. The number of primary sulfonamides is 1. The van der Waals surface area contributed by atoms with E-state index >= 15 is 0 Å². The molecule has 6 heteroatoms. The number of hydrogen-bond donors (Lipinski definition) is 2. The second-order valence-corrected chi connectivity index (χ2v) is 8.36. The molecule has 1 aliphatic rings. The molecule has 0 amide bonds. The molecule has 1 aliphatic heterocycles. The fourth-order valence-corrected chi connectivity index (χ4v) is 3.54. The first-order chi connectivity index (χ1) is 9.50. The number of rotatable bonds is 4. The largest absolute Gasteiger partial charge is 0.368 e. The first kappa shape index (κ1) is 16.4. The SMILES string of the molecule is CC1(C)CC(NCc2cccc(S(N)(=O)=O)c2)C(C)(C)O1. The van der Waals surface area contributed by atoms with Crippen LogP contribution in [-0.4, -0.2) is 25.7 Å². The predicted molar refractivity (Wildman–Crippen MR) is 82.3 cm³/mol. The molecule has 1 aromatic carbocycles. The minimum Gasteiger partial charge on any atom is -0.368 e. The Bertz CT molecular complexity index is 624. The lowest BCUT2D eigenvalue weighted by Gasteiger charge is -2.28. The second kappa shape index (κ2) is 5.35. The van der Waals surface area contributed by atoms with Gasteiger partial charge in [0.05, 0.1) is 16.1 Å². The van der Waals surface area contributed by atoms with E-state index in [-0.39, 0.29) is 22.1 Å². The summed E-state index contributed by atoms with van der Waals surface area (Å²) in [6.07, 6.45) is 0.912. The number of nitrogens with one attached hydrogen (secondary N) is 1. The summed E-state index contributed by atoms with van der Waals surface area (Å²) < 4.78 is 28.8. The molecule has 1 unspecified atom stereocenters. The first-order valence-electron chi connectivity index (χ1n) is 7.05. The van der Waals surface area contributed by atoms with Crippen LogP contribution < -0.4 is 10.5 Å². The Hall–Kier alpha value is -0.950. The van der Waals surface area contributed by atoms with Crippen LogP contribution in [0.1, 0.15) is 39.7 Å². The molecule has 21 heavy (non-hydrogen) atoms. The van der Waals surface area contributed by atoms with Crippen molar-refractivity contribution in [2.45, 2.75) is 62.8 Å². The lowest BCUT2D eigenvalue weighted by molar-refractivity contribution is -0.0699. The standard InChI is InChI=1S/C15H24N2O3S/c1-14(2)9-13(15(3,4)20-14)17-10-11-6-5-7-12(8-11)21(16,18)19/h5-8,13,17H,9-10H2,1-4H3,(H2,16,18,19). The van der Waals surface area contributed by atoms with E-state index in [9.17, 15) is 8.42 Å². The van der Waals surface area contributed by atoms with Crippen molar-refractivity contribution in [1.82, 2.24) is 5.32 Å². The van der Waals surface area contributed by atoms with Crippen molar-refractivity contribution in [1.29, 1.82) is 0 Å². The quantitative estimate of drug-likeness (QED) is 0.888. The molecule has 0 aliphatic carbocycles. The van der Waals surface area contributed by atoms with Crippen LogP contribution in [0.3, 0.4) is 0 Å². The van der Waals surface area contributed by atoms with Gasteiger partial charge >= 0.3 is 0 Å². The second-order valence-electron chi connectivity index (χ2n) is 6.80. The maximum Gasteiger partial charge on any atom is 0.238 e. The predicted octanol–water partition coefficient (Wildman–Crippen LogP) is 1.77. The van der Waals surface area contributed by atoms with Gasteiger partial charge in [0.15, 0.2) is 0 Å². The van der Waals surface area contributed by atoms with E-state index < -0.39 is 10.0 Å². The smallest absolute Gasteiger partial charge is 0.238 e. The van der Waals surface area contributed by atoms with Gasteiger partial charge in [-0.3, -0.25) is 0 Å². The molecule has 1 heterocycles. The number of hydrogen-bond acceptors (Lipinski definition) is 4.